The highest BCUT2D eigenvalue weighted by Gasteiger charge is 2.00. The number of aliphatic hydroxyl groups is 1. The molecular weight excluding hydrogens is 196 g/mol. The number of carbonyl (C=O) groups excluding carboxylic acids is 2. The van der Waals surface area contributed by atoms with E-state index >= 15 is 0 Å². The summed E-state index contributed by atoms with van der Waals surface area (Å²) in [6.07, 6.45) is 4.38. The van der Waals surface area contributed by atoms with Crippen LogP contribution in [0.2, 0.25) is 0 Å². The van der Waals surface area contributed by atoms with Gasteiger partial charge in [-0.1, -0.05) is 12.8 Å². The monoisotopic (exact) mass is 216 g/mol. The fourth-order valence-electron chi connectivity index (χ4n) is 1.22. The molecule has 0 aliphatic heterocycles. The van der Waals surface area contributed by atoms with Crippen LogP contribution in [0.15, 0.2) is 0 Å². The molecule has 0 aromatic rings. The summed E-state index contributed by atoms with van der Waals surface area (Å²) in [6, 6.07) is 0. The standard InChI is InChI=1S/C10H20N2O3/c11-9(14)5-3-1-2-4-6-10(15)12-7-8-13/h13H,1-8H2,(H2,11,14)(H,12,15). The smallest absolute Gasteiger partial charge is 0.220 e. The molecule has 0 fully saturated rings. The molecule has 5 nitrogen and oxygen atoms in total. The summed E-state index contributed by atoms with van der Waals surface area (Å²) in [5.41, 5.74) is 4.98. The molecule has 0 aromatic heterocycles. The lowest BCUT2D eigenvalue weighted by Gasteiger charge is -2.02. The summed E-state index contributed by atoms with van der Waals surface area (Å²) in [6.45, 7) is 0.296. The van der Waals surface area contributed by atoms with Crippen molar-refractivity contribution >= 4 is 11.8 Å². The Labute approximate surface area is 90.0 Å². The molecule has 0 saturated heterocycles. The number of hydrogen-bond donors (Lipinski definition) is 3. The molecule has 2 amide bonds. The molecule has 0 unspecified atom stereocenters. The van der Waals surface area contributed by atoms with Gasteiger partial charge in [0.25, 0.3) is 0 Å². The number of rotatable bonds is 9. The lowest BCUT2D eigenvalue weighted by atomic mass is 10.1. The first-order valence-electron chi connectivity index (χ1n) is 5.32. The van der Waals surface area contributed by atoms with Crippen LogP contribution in [0.4, 0.5) is 0 Å². The van der Waals surface area contributed by atoms with E-state index in [2.05, 4.69) is 5.32 Å². The van der Waals surface area contributed by atoms with Crippen molar-refractivity contribution in [1.29, 1.82) is 0 Å². The lowest BCUT2D eigenvalue weighted by Crippen LogP contribution is -2.25. The van der Waals surface area contributed by atoms with E-state index in [9.17, 15) is 9.59 Å². The van der Waals surface area contributed by atoms with Crippen molar-refractivity contribution in [2.45, 2.75) is 38.5 Å². The second-order valence-corrected chi connectivity index (χ2v) is 3.45. The molecule has 0 aromatic carbocycles. The Morgan fingerprint density at radius 3 is 2.20 bits per heavy atom. The number of primary amides is 1. The number of unbranched alkanes of at least 4 members (excludes halogenated alkanes) is 3. The van der Waals surface area contributed by atoms with Gasteiger partial charge in [-0.2, -0.15) is 0 Å². The van der Waals surface area contributed by atoms with E-state index in [4.69, 9.17) is 10.8 Å². The van der Waals surface area contributed by atoms with E-state index in [0.29, 0.717) is 19.4 Å². The molecule has 4 N–H and O–H groups in total. The van der Waals surface area contributed by atoms with Crippen LogP contribution in [0.5, 0.6) is 0 Å². The molecule has 0 saturated carbocycles. The highest BCUT2D eigenvalue weighted by atomic mass is 16.3. The van der Waals surface area contributed by atoms with Gasteiger partial charge in [0.2, 0.25) is 11.8 Å². The lowest BCUT2D eigenvalue weighted by molar-refractivity contribution is -0.121. The molecule has 88 valence electrons. The van der Waals surface area contributed by atoms with Crippen LogP contribution in [0.1, 0.15) is 38.5 Å². The van der Waals surface area contributed by atoms with E-state index in [-0.39, 0.29) is 18.4 Å². The van der Waals surface area contributed by atoms with E-state index in [1.54, 1.807) is 0 Å². The van der Waals surface area contributed by atoms with Crippen molar-refractivity contribution in [3.63, 3.8) is 0 Å². The van der Waals surface area contributed by atoms with Crippen LogP contribution >= 0.6 is 0 Å². The van der Waals surface area contributed by atoms with Crippen LogP contribution < -0.4 is 11.1 Å². The number of hydrogen-bond acceptors (Lipinski definition) is 3. The van der Waals surface area contributed by atoms with Crippen molar-refractivity contribution in [1.82, 2.24) is 5.32 Å². The van der Waals surface area contributed by atoms with Gasteiger partial charge in [0.05, 0.1) is 6.61 Å². The van der Waals surface area contributed by atoms with Crippen LogP contribution in [0.25, 0.3) is 0 Å². The van der Waals surface area contributed by atoms with Crippen molar-refractivity contribution in [3.05, 3.63) is 0 Å². The Balaban J connectivity index is 3.16. The number of aliphatic hydroxyl groups excluding tert-OH is 1. The zero-order chi connectivity index (χ0) is 11.5. The van der Waals surface area contributed by atoms with E-state index in [1.165, 1.54) is 0 Å². The molecule has 15 heavy (non-hydrogen) atoms. The Morgan fingerprint density at radius 2 is 1.67 bits per heavy atom. The molecule has 0 rings (SSSR count). The quantitative estimate of drug-likeness (QED) is 0.471. The van der Waals surface area contributed by atoms with Gasteiger partial charge < -0.3 is 16.2 Å². The van der Waals surface area contributed by atoms with Crippen LogP contribution in [0, 0.1) is 0 Å². The van der Waals surface area contributed by atoms with Gasteiger partial charge in [-0.25, -0.2) is 0 Å². The topological polar surface area (TPSA) is 92.4 Å². The van der Waals surface area contributed by atoms with Gasteiger partial charge in [0.1, 0.15) is 0 Å². The van der Waals surface area contributed by atoms with Crippen molar-refractivity contribution < 1.29 is 14.7 Å². The maximum absolute atomic E-state index is 11.0. The second kappa shape index (κ2) is 9.45. The normalized spacial score (nSPS) is 9.93. The summed E-state index contributed by atoms with van der Waals surface area (Å²) < 4.78 is 0. The van der Waals surface area contributed by atoms with Gasteiger partial charge in [-0.05, 0) is 12.8 Å². The first kappa shape index (κ1) is 13.9. The third kappa shape index (κ3) is 10.8. The van der Waals surface area contributed by atoms with E-state index in [1.807, 2.05) is 0 Å². The van der Waals surface area contributed by atoms with Crippen LogP contribution in [-0.2, 0) is 9.59 Å². The maximum Gasteiger partial charge on any atom is 0.220 e. The number of carbonyl (C=O) groups is 2. The zero-order valence-electron chi connectivity index (χ0n) is 9.00. The summed E-state index contributed by atoms with van der Waals surface area (Å²) in [5.74, 6) is -0.297. The molecule has 5 heteroatoms. The van der Waals surface area contributed by atoms with Crippen LogP contribution in [0.3, 0.4) is 0 Å². The molecule has 0 spiro atoms. The van der Waals surface area contributed by atoms with Crippen molar-refractivity contribution in [2.24, 2.45) is 5.73 Å². The highest BCUT2D eigenvalue weighted by molar-refractivity contribution is 5.75. The fraction of sp³-hybridized carbons (Fsp3) is 0.800. The summed E-state index contributed by atoms with van der Waals surface area (Å²) >= 11 is 0. The predicted molar refractivity (Wildman–Crippen MR) is 57.0 cm³/mol. The average molecular weight is 216 g/mol. The second-order valence-electron chi connectivity index (χ2n) is 3.45. The van der Waals surface area contributed by atoms with Gasteiger partial charge >= 0.3 is 0 Å². The third-order valence-corrected chi connectivity index (χ3v) is 2.01. The molecule has 0 aliphatic carbocycles. The summed E-state index contributed by atoms with van der Waals surface area (Å²) in [4.78, 5) is 21.4. The first-order chi connectivity index (χ1) is 7.16. The summed E-state index contributed by atoms with van der Waals surface area (Å²) in [5, 5.41) is 11.0. The van der Waals surface area contributed by atoms with Gasteiger partial charge in [0.15, 0.2) is 0 Å². The highest BCUT2D eigenvalue weighted by Crippen LogP contribution is 2.04. The Bertz CT molecular complexity index is 195. The SMILES string of the molecule is NC(=O)CCCCCCC(=O)NCCO. The maximum atomic E-state index is 11.0. The molecule has 0 atom stereocenters. The van der Waals surface area contributed by atoms with E-state index in [0.717, 1.165) is 25.7 Å². The number of nitrogens with one attached hydrogen (secondary N) is 1. The molecule has 0 bridgehead atoms. The van der Waals surface area contributed by atoms with Gasteiger partial charge in [-0.15, -0.1) is 0 Å². The van der Waals surface area contributed by atoms with Gasteiger partial charge in [-0.3, -0.25) is 9.59 Å². The van der Waals surface area contributed by atoms with Crippen LogP contribution in [-0.4, -0.2) is 30.1 Å². The minimum absolute atomic E-state index is 0.0235. The Kier molecular flexibility index (Phi) is 8.76. The van der Waals surface area contributed by atoms with Crippen molar-refractivity contribution in [3.8, 4) is 0 Å². The number of amides is 2. The van der Waals surface area contributed by atoms with Gasteiger partial charge in [0, 0.05) is 19.4 Å². The minimum Gasteiger partial charge on any atom is -0.395 e. The number of nitrogens with two attached hydrogens (primary N) is 1. The minimum atomic E-state index is -0.268. The first-order valence-corrected chi connectivity index (χ1v) is 5.32. The fourth-order valence-corrected chi connectivity index (χ4v) is 1.22. The Morgan fingerprint density at radius 1 is 1.07 bits per heavy atom. The Hall–Kier alpha value is -1.10. The largest absolute Gasteiger partial charge is 0.395 e. The zero-order valence-corrected chi connectivity index (χ0v) is 9.00. The average Bonchev–Trinajstić information content (AvgIpc) is 2.19. The molecule has 0 heterocycles. The predicted octanol–water partition coefficient (Wildman–Crippen LogP) is -0.0792. The summed E-state index contributed by atoms with van der Waals surface area (Å²) in [7, 11) is 0. The van der Waals surface area contributed by atoms with Crippen molar-refractivity contribution in [2.75, 3.05) is 13.2 Å². The molecule has 0 radical (unpaired) electrons. The molecule has 0 aliphatic rings. The third-order valence-electron chi connectivity index (χ3n) is 2.01. The molecular formula is C10H20N2O3. The van der Waals surface area contributed by atoms with E-state index < -0.39 is 0 Å².